The molecule has 0 fully saturated rings. The van der Waals surface area contributed by atoms with Crippen molar-refractivity contribution in [1.29, 1.82) is 0 Å². The van der Waals surface area contributed by atoms with Crippen LogP contribution in [-0.4, -0.2) is 28.8 Å². The minimum absolute atomic E-state index is 0.0525. The number of rotatable bonds is 5. The molecular formula is C11H17ClN2O2. The lowest BCUT2D eigenvalue weighted by atomic mass is 10.1. The first-order chi connectivity index (χ1) is 7.45. The Bertz CT molecular complexity index is 388. The first-order valence-corrected chi connectivity index (χ1v) is 5.56. The van der Waals surface area contributed by atoms with Crippen molar-refractivity contribution in [2.75, 3.05) is 7.11 Å². The molecule has 1 aromatic heterocycles. The van der Waals surface area contributed by atoms with Crippen LogP contribution < -0.4 is 0 Å². The maximum Gasteiger partial charge on any atom is 0.140 e. The van der Waals surface area contributed by atoms with E-state index < -0.39 is 0 Å². The second-order valence-corrected chi connectivity index (χ2v) is 4.30. The third-order valence-electron chi connectivity index (χ3n) is 2.56. The topological polar surface area (TPSA) is 44.1 Å². The molecule has 1 unspecified atom stereocenters. The van der Waals surface area contributed by atoms with Crippen molar-refractivity contribution in [2.45, 2.75) is 32.8 Å². The highest BCUT2D eigenvalue weighted by molar-refractivity contribution is 6.30. The van der Waals surface area contributed by atoms with Crippen LogP contribution in [-0.2, 0) is 23.0 Å². The highest BCUT2D eigenvalue weighted by atomic mass is 35.5. The number of aryl methyl sites for hydroxylation is 2. The van der Waals surface area contributed by atoms with E-state index in [0.717, 1.165) is 11.3 Å². The zero-order chi connectivity index (χ0) is 12.3. The van der Waals surface area contributed by atoms with E-state index in [1.165, 1.54) is 0 Å². The maximum absolute atomic E-state index is 11.7. The molecule has 4 nitrogen and oxygen atoms in total. The molecule has 16 heavy (non-hydrogen) atoms. The van der Waals surface area contributed by atoms with Gasteiger partial charge in [0.05, 0.1) is 11.8 Å². The number of Topliss-reactive ketones (excluding diaryl/α,β-unsaturated/α-hetero) is 1. The number of carbonyl (C=O) groups excluding carboxylic acids is 1. The molecular weight excluding hydrogens is 228 g/mol. The van der Waals surface area contributed by atoms with Crippen LogP contribution in [0.15, 0.2) is 0 Å². The van der Waals surface area contributed by atoms with Gasteiger partial charge in [0.2, 0.25) is 0 Å². The third kappa shape index (κ3) is 3.06. The molecule has 0 aliphatic carbocycles. The molecule has 0 aliphatic heterocycles. The monoisotopic (exact) mass is 244 g/mol. The van der Waals surface area contributed by atoms with Gasteiger partial charge in [-0.1, -0.05) is 11.6 Å². The van der Waals surface area contributed by atoms with E-state index in [2.05, 4.69) is 5.10 Å². The summed E-state index contributed by atoms with van der Waals surface area (Å²) in [6, 6.07) is 0. The van der Waals surface area contributed by atoms with Gasteiger partial charge in [-0.25, -0.2) is 0 Å². The first kappa shape index (κ1) is 13.2. The molecule has 90 valence electrons. The van der Waals surface area contributed by atoms with E-state index in [1.807, 2.05) is 13.8 Å². The molecule has 0 N–H and O–H groups in total. The van der Waals surface area contributed by atoms with Crippen molar-refractivity contribution in [1.82, 2.24) is 9.78 Å². The molecule has 0 aromatic carbocycles. The molecule has 0 spiro atoms. The SMILES string of the molecule is COC(C)CC(=O)Cc1c(C)nn(C)c1Cl. The lowest BCUT2D eigenvalue weighted by Gasteiger charge is -2.07. The van der Waals surface area contributed by atoms with E-state index in [-0.39, 0.29) is 11.9 Å². The van der Waals surface area contributed by atoms with Crippen LogP contribution in [0.25, 0.3) is 0 Å². The fourth-order valence-corrected chi connectivity index (χ4v) is 1.79. The predicted octanol–water partition coefficient (Wildman–Crippen LogP) is 1.92. The van der Waals surface area contributed by atoms with E-state index in [1.54, 1.807) is 18.8 Å². The van der Waals surface area contributed by atoms with Gasteiger partial charge in [-0.3, -0.25) is 9.48 Å². The minimum Gasteiger partial charge on any atom is -0.381 e. The van der Waals surface area contributed by atoms with Crippen molar-refractivity contribution in [2.24, 2.45) is 7.05 Å². The van der Waals surface area contributed by atoms with Crippen LogP contribution in [0.2, 0.25) is 5.15 Å². The lowest BCUT2D eigenvalue weighted by Crippen LogP contribution is -2.14. The predicted molar refractivity (Wildman–Crippen MR) is 62.8 cm³/mol. The Kier molecular flexibility index (Phi) is 4.50. The summed E-state index contributed by atoms with van der Waals surface area (Å²) in [4.78, 5) is 11.7. The number of nitrogens with zero attached hydrogens (tertiary/aromatic N) is 2. The third-order valence-corrected chi connectivity index (χ3v) is 3.03. The van der Waals surface area contributed by atoms with E-state index in [4.69, 9.17) is 16.3 Å². The van der Waals surface area contributed by atoms with Gasteiger partial charge >= 0.3 is 0 Å². The Balaban J connectivity index is 2.70. The van der Waals surface area contributed by atoms with Crippen LogP contribution in [0.5, 0.6) is 0 Å². The number of methoxy groups -OCH3 is 1. The summed E-state index contributed by atoms with van der Waals surface area (Å²) in [5.41, 5.74) is 1.63. The fraction of sp³-hybridized carbons (Fsp3) is 0.636. The maximum atomic E-state index is 11.7. The molecule has 0 radical (unpaired) electrons. The number of aromatic nitrogens is 2. The zero-order valence-corrected chi connectivity index (χ0v) is 10.8. The van der Waals surface area contributed by atoms with Crippen molar-refractivity contribution >= 4 is 17.4 Å². The number of carbonyl (C=O) groups is 1. The average molecular weight is 245 g/mol. The van der Waals surface area contributed by atoms with Crippen molar-refractivity contribution in [3.8, 4) is 0 Å². The second kappa shape index (κ2) is 5.46. The summed E-state index contributed by atoms with van der Waals surface area (Å²) in [5.74, 6) is 0.118. The largest absolute Gasteiger partial charge is 0.381 e. The molecule has 1 rings (SSSR count). The number of ketones is 1. The Morgan fingerprint density at radius 1 is 1.62 bits per heavy atom. The second-order valence-electron chi connectivity index (χ2n) is 3.94. The van der Waals surface area contributed by atoms with Crippen molar-refractivity contribution < 1.29 is 9.53 Å². The van der Waals surface area contributed by atoms with Crippen LogP contribution in [0.4, 0.5) is 0 Å². The number of hydrogen-bond donors (Lipinski definition) is 0. The van der Waals surface area contributed by atoms with Gasteiger partial charge in [-0.15, -0.1) is 0 Å². The van der Waals surface area contributed by atoms with Gasteiger partial charge in [-0.2, -0.15) is 5.10 Å². The molecule has 1 atom stereocenters. The van der Waals surface area contributed by atoms with Crippen molar-refractivity contribution in [3.05, 3.63) is 16.4 Å². The van der Waals surface area contributed by atoms with Gasteiger partial charge in [0.25, 0.3) is 0 Å². The summed E-state index contributed by atoms with van der Waals surface area (Å²) in [6.07, 6.45) is 0.677. The first-order valence-electron chi connectivity index (χ1n) is 5.18. The number of halogens is 1. The summed E-state index contributed by atoms with van der Waals surface area (Å²) >= 11 is 6.05. The van der Waals surface area contributed by atoms with E-state index >= 15 is 0 Å². The van der Waals surface area contributed by atoms with Crippen LogP contribution in [0.1, 0.15) is 24.6 Å². The van der Waals surface area contributed by atoms with Gasteiger partial charge in [0.1, 0.15) is 10.9 Å². The average Bonchev–Trinajstić information content (AvgIpc) is 2.45. The van der Waals surface area contributed by atoms with E-state index in [9.17, 15) is 4.79 Å². The Labute approximate surface area is 101 Å². The fourth-order valence-electron chi connectivity index (χ4n) is 1.55. The summed E-state index contributed by atoms with van der Waals surface area (Å²) in [6.45, 7) is 3.73. The molecule has 1 aromatic rings. The summed E-state index contributed by atoms with van der Waals surface area (Å²) in [5, 5.41) is 4.70. The van der Waals surface area contributed by atoms with Crippen LogP contribution in [0.3, 0.4) is 0 Å². The van der Waals surface area contributed by atoms with Gasteiger partial charge < -0.3 is 4.74 Å². The number of hydrogen-bond acceptors (Lipinski definition) is 3. The smallest absolute Gasteiger partial charge is 0.140 e. The molecule has 0 bridgehead atoms. The molecule has 0 aliphatic rings. The lowest BCUT2D eigenvalue weighted by molar-refractivity contribution is -0.120. The Morgan fingerprint density at radius 3 is 2.69 bits per heavy atom. The molecule has 1 heterocycles. The summed E-state index contributed by atoms with van der Waals surface area (Å²) in [7, 11) is 3.36. The minimum atomic E-state index is -0.0525. The van der Waals surface area contributed by atoms with Crippen LogP contribution in [0, 0.1) is 6.92 Å². The van der Waals surface area contributed by atoms with Crippen molar-refractivity contribution in [3.63, 3.8) is 0 Å². The quantitative estimate of drug-likeness (QED) is 0.795. The summed E-state index contributed by atoms with van der Waals surface area (Å²) < 4.78 is 6.63. The highest BCUT2D eigenvalue weighted by Crippen LogP contribution is 2.20. The molecule has 0 amide bonds. The Hall–Kier alpha value is -0.870. The van der Waals surface area contributed by atoms with Gasteiger partial charge in [0, 0.05) is 32.6 Å². The van der Waals surface area contributed by atoms with E-state index in [0.29, 0.717) is 18.0 Å². The highest BCUT2D eigenvalue weighted by Gasteiger charge is 2.16. The van der Waals surface area contributed by atoms with Crippen LogP contribution >= 0.6 is 11.6 Å². The number of ether oxygens (including phenoxy) is 1. The molecule has 5 heteroatoms. The molecule has 0 saturated heterocycles. The van der Waals surface area contributed by atoms with Gasteiger partial charge in [0.15, 0.2) is 0 Å². The Morgan fingerprint density at radius 2 is 2.25 bits per heavy atom. The standard InChI is InChI=1S/C11H17ClN2O2/c1-7(16-4)5-9(15)6-10-8(2)13-14(3)11(10)12/h7H,5-6H2,1-4H3. The zero-order valence-electron chi connectivity index (χ0n) is 10.1. The normalized spacial score (nSPS) is 12.8. The molecule has 0 saturated carbocycles. The van der Waals surface area contributed by atoms with Gasteiger partial charge in [-0.05, 0) is 13.8 Å².